The van der Waals surface area contributed by atoms with Gasteiger partial charge >= 0.3 is 0 Å². The molecule has 0 aliphatic carbocycles. The summed E-state index contributed by atoms with van der Waals surface area (Å²) in [5.41, 5.74) is 0.997. The first-order valence-corrected chi connectivity index (χ1v) is 8.36. The zero-order chi connectivity index (χ0) is 16.4. The molecule has 1 saturated heterocycles. The Kier molecular flexibility index (Phi) is 4.82. The van der Waals surface area contributed by atoms with Gasteiger partial charge in [-0.15, -0.1) is 0 Å². The third-order valence-electron chi connectivity index (χ3n) is 4.65. The second-order valence-electron chi connectivity index (χ2n) is 6.79. The van der Waals surface area contributed by atoms with Gasteiger partial charge in [0.1, 0.15) is 18.2 Å². The molecule has 0 bridgehead atoms. The Hall–Kier alpha value is -1.66. The van der Waals surface area contributed by atoms with E-state index in [1.807, 2.05) is 17.8 Å². The zero-order valence-electron chi connectivity index (χ0n) is 14.1. The predicted octanol–water partition coefficient (Wildman–Crippen LogP) is 2.48. The first kappa shape index (κ1) is 16.2. The van der Waals surface area contributed by atoms with E-state index in [0.717, 1.165) is 49.9 Å². The number of hydrogen-bond acceptors (Lipinski definition) is 5. The minimum Gasteiger partial charge on any atom is -0.448 e. The molecule has 1 aliphatic heterocycles. The summed E-state index contributed by atoms with van der Waals surface area (Å²) < 4.78 is 7.40. The minimum atomic E-state index is -0.475. The Labute approximate surface area is 137 Å². The van der Waals surface area contributed by atoms with Crippen LogP contribution in [0.3, 0.4) is 0 Å². The Bertz CT molecular complexity index is 626. The molecule has 126 valence electrons. The standard InChI is InChI=1S/C17H26N4O2/c1-12(2)17-19-14(11-23-17)10-21-7-4-13(5-8-21)15(22)16-18-6-9-20(16)3/h6,9,11-13,15,22H,4-5,7-8,10H2,1-3H3/t15-/m1/s1. The van der Waals surface area contributed by atoms with Crippen LogP contribution in [0.4, 0.5) is 0 Å². The fourth-order valence-corrected chi connectivity index (χ4v) is 3.19. The summed E-state index contributed by atoms with van der Waals surface area (Å²) in [4.78, 5) is 11.2. The van der Waals surface area contributed by atoms with Crippen molar-refractivity contribution in [2.24, 2.45) is 13.0 Å². The molecule has 2 aromatic rings. The van der Waals surface area contributed by atoms with E-state index in [4.69, 9.17) is 4.42 Å². The van der Waals surface area contributed by atoms with Crippen LogP contribution in [0.25, 0.3) is 0 Å². The molecule has 0 unspecified atom stereocenters. The number of aryl methyl sites for hydroxylation is 1. The highest BCUT2D eigenvalue weighted by Crippen LogP contribution is 2.30. The first-order valence-electron chi connectivity index (χ1n) is 8.36. The van der Waals surface area contributed by atoms with Crippen molar-refractivity contribution in [3.05, 3.63) is 36.1 Å². The molecule has 23 heavy (non-hydrogen) atoms. The van der Waals surface area contributed by atoms with Crippen LogP contribution >= 0.6 is 0 Å². The van der Waals surface area contributed by atoms with Gasteiger partial charge in [0, 0.05) is 31.9 Å². The maximum Gasteiger partial charge on any atom is 0.196 e. The number of imidazole rings is 1. The third-order valence-corrected chi connectivity index (χ3v) is 4.65. The predicted molar refractivity (Wildman–Crippen MR) is 86.8 cm³/mol. The van der Waals surface area contributed by atoms with E-state index in [1.54, 1.807) is 12.5 Å². The second-order valence-corrected chi connectivity index (χ2v) is 6.79. The average molecular weight is 318 g/mol. The van der Waals surface area contributed by atoms with Gasteiger partial charge in [0.15, 0.2) is 5.89 Å². The molecule has 6 heteroatoms. The van der Waals surface area contributed by atoms with E-state index in [-0.39, 0.29) is 5.92 Å². The number of piperidine rings is 1. The summed E-state index contributed by atoms with van der Waals surface area (Å²) >= 11 is 0. The number of nitrogens with zero attached hydrogens (tertiary/aromatic N) is 4. The number of likely N-dealkylation sites (tertiary alicyclic amines) is 1. The molecule has 1 fully saturated rings. The average Bonchev–Trinajstić information content (AvgIpc) is 3.16. The van der Waals surface area contributed by atoms with E-state index in [9.17, 15) is 5.11 Å². The monoisotopic (exact) mass is 318 g/mol. The Balaban J connectivity index is 1.53. The molecule has 1 aliphatic rings. The van der Waals surface area contributed by atoms with Crippen LogP contribution in [-0.4, -0.2) is 37.6 Å². The normalized spacial score (nSPS) is 18.7. The van der Waals surface area contributed by atoms with E-state index >= 15 is 0 Å². The largest absolute Gasteiger partial charge is 0.448 e. The second kappa shape index (κ2) is 6.84. The lowest BCUT2D eigenvalue weighted by molar-refractivity contribution is 0.0489. The maximum absolute atomic E-state index is 10.5. The van der Waals surface area contributed by atoms with Crippen LogP contribution in [-0.2, 0) is 13.6 Å². The van der Waals surface area contributed by atoms with Gasteiger partial charge in [0.25, 0.3) is 0 Å². The third kappa shape index (κ3) is 3.64. The molecule has 0 spiro atoms. The summed E-state index contributed by atoms with van der Waals surface area (Å²) in [5, 5.41) is 10.5. The Morgan fingerprint density at radius 3 is 2.65 bits per heavy atom. The van der Waals surface area contributed by atoms with Crippen molar-refractivity contribution in [1.29, 1.82) is 0 Å². The van der Waals surface area contributed by atoms with Crippen LogP contribution in [0.1, 0.15) is 56.1 Å². The van der Waals surface area contributed by atoms with Crippen LogP contribution in [0, 0.1) is 5.92 Å². The van der Waals surface area contributed by atoms with Crippen molar-refractivity contribution in [3.63, 3.8) is 0 Å². The quantitative estimate of drug-likeness (QED) is 0.917. The van der Waals surface area contributed by atoms with Crippen LogP contribution < -0.4 is 0 Å². The lowest BCUT2D eigenvalue weighted by atomic mass is 9.90. The summed E-state index contributed by atoms with van der Waals surface area (Å²) in [6, 6.07) is 0. The molecule has 1 atom stereocenters. The minimum absolute atomic E-state index is 0.274. The SMILES string of the molecule is CC(C)c1nc(CN2CCC([C@@H](O)c3nccn3C)CC2)co1. The topological polar surface area (TPSA) is 67.3 Å². The number of hydrogen-bond donors (Lipinski definition) is 1. The summed E-state index contributed by atoms with van der Waals surface area (Å²) in [6.45, 7) is 6.92. The molecule has 0 radical (unpaired) electrons. The highest BCUT2D eigenvalue weighted by molar-refractivity contribution is 5.01. The maximum atomic E-state index is 10.5. The number of aliphatic hydroxyl groups excluding tert-OH is 1. The van der Waals surface area contributed by atoms with Crippen molar-refractivity contribution in [2.45, 2.75) is 45.3 Å². The molecule has 3 rings (SSSR count). The highest BCUT2D eigenvalue weighted by atomic mass is 16.3. The first-order chi connectivity index (χ1) is 11.0. The van der Waals surface area contributed by atoms with Gasteiger partial charge in [-0.3, -0.25) is 4.90 Å². The molecular formula is C17H26N4O2. The van der Waals surface area contributed by atoms with Crippen LogP contribution in [0.15, 0.2) is 23.1 Å². The van der Waals surface area contributed by atoms with Crippen LogP contribution in [0.2, 0.25) is 0 Å². The summed E-state index contributed by atoms with van der Waals surface area (Å²) in [5.74, 6) is 2.17. The molecule has 3 heterocycles. The van der Waals surface area contributed by atoms with Gasteiger partial charge in [-0.2, -0.15) is 0 Å². The summed E-state index contributed by atoms with van der Waals surface area (Å²) in [7, 11) is 1.93. The van der Waals surface area contributed by atoms with E-state index in [2.05, 4.69) is 28.7 Å². The smallest absolute Gasteiger partial charge is 0.196 e. The van der Waals surface area contributed by atoms with Crippen molar-refractivity contribution in [3.8, 4) is 0 Å². The molecule has 0 aromatic carbocycles. The van der Waals surface area contributed by atoms with Gasteiger partial charge in [-0.05, 0) is 31.8 Å². The van der Waals surface area contributed by atoms with E-state index in [0.29, 0.717) is 5.92 Å². The Morgan fingerprint density at radius 2 is 2.09 bits per heavy atom. The number of aromatic nitrogens is 3. The summed E-state index contributed by atoms with van der Waals surface area (Å²) in [6.07, 6.45) is 6.86. The molecule has 1 N–H and O–H groups in total. The molecule has 6 nitrogen and oxygen atoms in total. The lowest BCUT2D eigenvalue weighted by Crippen LogP contribution is -2.35. The van der Waals surface area contributed by atoms with Gasteiger partial charge in [-0.1, -0.05) is 13.8 Å². The van der Waals surface area contributed by atoms with Gasteiger partial charge < -0.3 is 14.1 Å². The van der Waals surface area contributed by atoms with Gasteiger partial charge in [0.05, 0.1) is 5.69 Å². The van der Waals surface area contributed by atoms with Crippen LogP contribution in [0.5, 0.6) is 0 Å². The molecule has 0 saturated carbocycles. The van der Waals surface area contributed by atoms with E-state index < -0.39 is 6.10 Å². The molecular weight excluding hydrogens is 292 g/mol. The van der Waals surface area contributed by atoms with Crippen molar-refractivity contribution < 1.29 is 9.52 Å². The molecule has 2 aromatic heterocycles. The van der Waals surface area contributed by atoms with Crippen molar-refractivity contribution in [1.82, 2.24) is 19.4 Å². The number of oxazole rings is 1. The zero-order valence-corrected chi connectivity index (χ0v) is 14.1. The fourth-order valence-electron chi connectivity index (χ4n) is 3.19. The highest BCUT2D eigenvalue weighted by Gasteiger charge is 2.28. The van der Waals surface area contributed by atoms with Crippen molar-refractivity contribution in [2.75, 3.05) is 13.1 Å². The molecule has 0 amide bonds. The lowest BCUT2D eigenvalue weighted by Gasteiger charge is -2.33. The number of aliphatic hydroxyl groups is 1. The fraction of sp³-hybridized carbons (Fsp3) is 0.647. The van der Waals surface area contributed by atoms with Gasteiger partial charge in [-0.25, -0.2) is 9.97 Å². The van der Waals surface area contributed by atoms with Gasteiger partial charge in [0.2, 0.25) is 0 Å². The van der Waals surface area contributed by atoms with Crippen molar-refractivity contribution >= 4 is 0 Å². The Morgan fingerprint density at radius 1 is 1.35 bits per heavy atom. The number of rotatable bonds is 5. The van der Waals surface area contributed by atoms with E-state index in [1.165, 1.54) is 0 Å².